The Hall–Kier alpha value is -1.66. The lowest BCUT2D eigenvalue weighted by Crippen LogP contribution is -2.34. The number of halogens is 1. The number of nitriles is 1. The summed E-state index contributed by atoms with van der Waals surface area (Å²) in [5.74, 6) is -0.248. The van der Waals surface area contributed by atoms with Crippen LogP contribution in [0.1, 0.15) is 56.1 Å². The first-order chi connectivity index (χ1) is 10.6. The van der Waals surface area contributed by atoms with Gasteiger partial charge in [0.05, 0.1) is 5.60 Å². The quantitative estimate of drug-likeness (QED) is 0.712. The van der Waals surface area contributed by atoms with Crippen molar-refractivity contribution in [3.63, 3.8) is 0 Å². The first-order valence-corrected chi connectivity index (χ1v) is 8.05. The zero-order valence-corrected chi connectivity index (χ0v) is 13.4. The number of methoxy groups -OCH3 is 1. The predicted molar refractivity (Wildman–Crippen MR) is 86.2 cm³/mol. The van der Waals surface area contributed by atoms with E-state index in [2.05, 4.69) is 31.2 Å². The molecule has 0 N–H and O–H groups in total. The summed E-state index contributed by atoms with van der Waals surface area (Å²) in [4.78, 5) is 0. The number of benzene rings is 1. The minimum atomic E-state index is -0.746. The third-order valence-electron chi connectivity index (χ3n) is 4.72. The van der Waals surface area contributed by atoms with Gasteiger partial charge in [0.15, 0.2) is 5.83 Å². The Morgan fingerprint density at radius 2 is 2.00 bits per heavy atom. The Balaban J connectivity index is 2.03. The number of hydrogen-bond donors (Lipinski definition) is 0. The SMILES string of the molecule is CCCc1ccc(C2CCC(C=C(F)C#N)(OC)CC2)cc1. The van der Waals surface area contributed by atoms with Crippen LogP contribution in [0, 0.1) is 11.3 Å². The van der Waals surface area contributed by atoms with Gasteiger partial charge in [-0.15, -0.1) is 0 Å². The van der Waals surface area contributed by atoms with Crippen LogP contribution in [0.15, 0.2) is 36.2 Å². The highest BCUT2D eigenvalue weighted by Gasteiger charge is 2.34. The molecule has 118 valence electrons. The van der Waals surface area contributed by atoms with E-state index in [-0.39, 0.29) is 0 Å². The number of rotatable bonds is 5. The van der Waals surface area contributed by atoms with E-state index >= 15 is 0 Å². The van der Waals surface area contributed by atoms with Gasteiger partial charge in [-0.05, 0) is 55.2 Å². The summed E-state index contributed by atoms with van der Waals surface area (Å²) < 4.78 is 18.8. The van der Waals surface area contributed by atoms with Crippen LogP contribution in [-0.4, -0.2) is 12.7 Å². The predicted octanol–water partition coefficient (Wildman–Crippen LogP) is 5.06. The fourth-order valence-electron chi connectivity index (χ4n) is 3.36. The molecule has 0 bridgehead atoms. The van der Waals surface area contributed by atoms with Crippen molar-refractivity contribution in [2.45, 2.75) is 57.0 Å². The van der Waals surface area contributed by atoms with E-state index in [0.717, 1.165) is 38.5 Å². The third kappa shape index (κ3) is 3.96. The molecule has 0 spiro atoms. The van der Waals surface area contributed by atoms with Crippen molar-refractivity contribution in [3.05, 3.63) is 47.3 Å². The molecule has 0 aliphatic heterocycles. The van der Waals surface area contributed by atoms with Gasteiger partial charge in [-0.25, -0.2) is 0 Å². The molecule has 2 rings (SSSR count). The zero-order chi connectivity index (χ0) is 16.0. The van der Waals surface area contributed by atoms with Crippen LogP contribution in [0.25, 0.3) is 0 Å². The van der Waals surface area contributed by atoms with Crippen molar-refractivity contribution in [1.29, 1.82) is 5.26 Å². The first kappa shape index (κ1) is 16.7. The molecule has 0 aromatic heterocycles. The zero-order valence-electron chi connectivity index (χ0n) is 13.4. The lowest BCUT2D eigenvalue weighted by molar-refractivity contribution is -0.00344. The van der Waals surface area contributed by atoms with Gasteiger partial charge in [-0.3, -0.25) is 0 Å². The van der Waals surface area contributed by atoms with Crippen LogP contribution in [0.3, 0.4) is 0 Å². The molecule has 0 radical (unpaired) electrons. The van der Waals surface area contributed by atoms with Crippen molar-refractivity contribution in [3.8, 4) is 6.07 Å². The van der Waals surface area contributed by atoms with Crippen LogP contribution < -0.4 is 0 Å². The summed E-state index contributed by atoms with van der Waals surface area (Å²) in [6.45, 7) is 2.19. The third-order valence-corrected chi connectivity index (χ3v) is 4.72. The molecule has 0 amide bonds. The van der Waals surface area contributed by atoms with Crippen molar-refractivity contribution < 1.29 is 9.13 Å². The maximum atomic E-state index is 13.3. The van der Waals surface area contributed by atoms with E-state index < -0.39 is 11.4 Å². The number of hydrogen-bond acceptors (Lipinski definition) is 2. The second-order valence-corrected chi connectivity index (χ2v) is 6.14. The van der Waals surface area contributed by atoms with Gasteiger partial charge in [-0.2, -0.15) is 9.65 Å². The van der Waals surface area contributed by atoms with Crippen molar-refractivity contribution >= 4 is 0 Å². The number of ether oxygens (including phenoxy) is 1. The molecule has 0 unspecified atom stereocenters. The summed E-state index contributed by atoms with van der Waals surface area (Å²) in [6, 6.07) is 10.4. The lowest BCUT2D eigenvalue weighted by Gasteiger charge is -2.37. The molecule has 1 saturated carbocycles. The second kappa shape index (κ2) is 7.56. The summed E-state index contributed by atoms with van der Waals surface area (Å²) >= 11 is 0. The molecule has 0 saturated heterocycles. The molecule has 1 aromatic rings. The second-order valence-electron chi connectivity index (χ2n) is 6.14. The number of nitrogens with zero attached hydrogens (tertiary/aromatic N) is 1. The van der Waals surface area contributed by atoms with Gasteiger partial charge < -0.3 is 4.74 Å². The summed E-state index contributed by atoms with van der Waals surface area (Å²) in [7, 11) is 1.60. The summed E-state index contributed by atoms with van der Waals surface area (Å²) in [5, 5.41) is 8.63. The van der Waals surface area contributed by atoms with Crippen LogP contribution in [0.2, 0.25) is 0 Å². The first-order valence-electron chi connectivity index (χ1n) is 8.05. The monoisotopic (exact) mass is 301 g/mol. The maximum Gasteiger partial charge on any atom is 0.198 e. The Morgan fingerprint density at radius 3 is 2.50 bits per heavy atom. The van der Waals surface area contributed by atoms with Crippen molar-refractivity contribution in [2.75, 3.05) is 7.11 Å². The summed E-state index contributed by atoms with van der Waals surface area (Å²) in [6.07, 6.45) is 7.05. The highest BCUT2D eigenvalue weighted by atomic mass is 19.1. The highest BCUT2D eigenvalue weighted by Crippen LogP contribution is 2.41. The standard InChI is InChI=1S/C19H24FNO/c1-3-4-15-5-7-16(8-6-15)17-9-11-19(22-2,12-10-17)13-18(20)14-21/h5-8,13,17H,3-4,9-12H2,1-2H3. The van der Waals surface area contributed by atoms with Crippen LogP contribution in [0.4, 0.5) is 4.39 Å². The average Bonchev–Trinajstić information content (AvgIpc) is 2.56. The van der Waals surface area contributed by atoms with E-state index in [0.29, 0.717) is 5.92 Å². The average molecular weight is 301 g/mol. The Bertz CT molecular complexity index is 548. The molecule has 0 atom stereocenters. The van der Waals surface area contributed by atoms with E-state index in [1.54, 1.807) is 13.2 Å². The summed E-state index contributed by atoms with van der Waals surface area (Å²) in [5.41, 5.74) is 2.12. The molecule has 1 aromatic carbocycles. The maximum absolute atomic E-state index is 13.3. The van der Waals surface area contributed by atoms with Crippen molar-refractivity contribution in [2.24, 2.45) is 0 Å². The van der Waals surface area contributed by atoms with E-state index in [4.69, 9.17) is 10.00 Å². The van der Waals surface area contributed by atoms with Gasteiger partial charge >= 0.3 is 0 Å². The molecule has 3 heteroatoms. The van der Waals surface area contributed by atoms with Crippen LogP contribution >= 0.6 is 0 Å². The van der Waals surface area contributed by atoms with Gasteiger partial charge in [0.2, 0.25) is 0 Å². The Labute approximate surface area is 132 Å². The number of aryl methyl sites for hydroxylation is 1. The van der Waals surface area contributed by atoms with Gasteiger partial charge in [0.1, 0.15) is 6.07 Å². The fraction of sp³-hybridized carbons (Fsp3) is 0.526. The van der Waals surface area contributed by atoms with Gasteiger partial charge in [0, 0.05) is 7.11 Å². The number of allylic oxidation sites excluding steroid dienone is 1. The molecule has 22 heavy (non-hydrogen) atoms. The van der Waals surface area contributed by atoms with Gasteiger partial charge in [-0.1, -0.05) is 37.6 Å². The highest BCUT2D eigenvalue weighted by molar-refractivity contribution is 5.27. The van der Waals surface area contributed by atoms with E-state index in [9.17, 15) is 4.39 Å². The van der Waals surface area contributed by atoms with Gasteiger partial charge in [0.25, 0.3) is 0 Å². The Morgan fingerprint density at radius 1 is 1.36 bits per heavy atom. The largest absolute Gasteiger partial charge is 0.374 e. The fourth-order valence-corrected chi connectivity index (χ4v) is 3.36. The molecular weight excluding hydrogens is 277 g/mol. The Kier molecular flexibility index (Phi) is 5.74. The lowest BCUT2D eigenvalue weighted by atomic mass is 9.75. The van der Waals surface area contributed by atoms with Crippen LogP contribution in [0.5, 0.6) is 0 Å². The molecular formula is C19H24FNO. The molecule has 1 fully saturated rings. The smallest absolute Gasteiger partial charge is 0.198 e. The molecule has 0 heterocycles. The minimum Gasteiger partial charge on any atom is -0.374 e. The topological polar surface area (TPSA) is 33.0 Å². The van der Waals surface area contributed by atoms with Crippen molar-refractivity contribution in [1.82, 2.24) is 0 Å². The van der Waals surface area contributed by atoms with Crippen LogP contribution in [-0.2, 0) is 11.2 Å². The molecule has 2 nitrogen and oxygen atoms in total. The normalized spacial score (nSPS) is 25.7. The minimum absolute atomic E-state index is 0.498. The molecule has 1 aliphatic rings. The van der Waals surface area contributed by atoms with E-state index in [1.807, 2.05) is 0 Å². The van der Waals surface area contributed by atoms with E-state index in [1.165, 1.54) is 17.2 Å². The molecule has 1 aliphatic carbocycles.